The maximum absolute atomic E-state index is 12.1. The van der Waals surface area contributed by atoms with Crippen LogP contribution in [0, 0.1) is 35.5 Å². The van der Waals surface area contributed by atoms with Crippen molar-refractivity contribution in [2.75, 3.05) is 0 Å². The Morgan fingerprint density at radius 3 is 1.88 bits per heavy atom. The van der Waals surface area contributed by atoms with E-state index in [-0.39, 0.29) is 23.7 Å². The Morgan fingerprint density at radius 2 is 1.41 bits per heavy atom. The van der Waals surface area contributed by atoms with Crippen molar-refractivity contribution in [1.82, 2.24) is 3.11 Å². The van der Waals surface area contributed by atoms with E-state index in [1.807, 2.05) is 22.9 Å². The first-order chi connectivity index (χ1) is 8.20. The zero-order valence-corrected chi connectivity index (χ0v) is 11.5. The molecule has 2 amide bonds. The zero-order valence-electron chi connectivity index (χ0n) is 9.38. The molecule has 6 unspecified atom stereocenters. The minimum Gasteiger partial charge on any atom is -0.273 e. The first-order valence-corrected chi connectivity index (χ1v) is 7.35. The molecule has 3 aliphatic carbocycles. The molecule has 1 aliphatic heterocycles. The zero-order chi connectivity index (χ0) is 11.7. The largest absolute Gasteiger partial charge is 0.273 e. The minimum absolute atomic E-state index is 0.0251. The Balaban J connectivity index is 1.76. The fourth-order valence-corrected chi connectivity index (χ4v) is 5.55. The lowest BCUT2D eigenvalue weighted by molar-refractivity contribution is -0.132. The molecule has 2 bridgehead atoms. The Labute approximate surface area is 114 Å². The second-order valence-corrected chi connectivity index (χ2v) is 6.81. The number of carbonyl (C=O) groups excluding carboxylic acids is 2. The van der Waals surface area contributed by atoms with Gasteiger partial charge in [-0.3, -0.25) is 9.59 Å². The maximum atomic E-state index is 12.1. The molecule has 3 nitrogen and oxygen atoms in total. The third-order valence-corrected chi connectivity index (χ3v) is 6.40. The molecule has 90 valence electrons. The SMILES string of the molecule is O=C1C2C3CC(C4CC=CCC43)C2C(=O)N1I. The van der Waals surface area contributed by atoms with Crippen molar-refractivity contribution in [2.45, 2.75) is 19.3 Å². The second kappa shape index (κ2) is 3.33. The van der Waals surface area contributed by atoms with E-state index in [4.69, 9.17) is 0 Å². The second-order valence-electron chi connectivity index (χ2n) is 5.84. The number of nitrogens with zero attached hydrogens (tertiary/aromatic N) is 1. The number of hydrogen-bond acceptors (Lipinski definition) is 2. The highest BCUT2D eigenvalue weighted by Crippen LogP contribution is 2.64. The maximum Gasteiger partial charge on any atom is 0.242 e. The van der Waals surface area contributed by atoms with E-state index in [9.17, 15) is 9.59 Å². The first kappa shape index (κ1) is 10.5. The van der Waals surface area contributed by atoms with Crippen molar-refractivity contribution in [3.8, 4) is 0 Å². The van der Waals surface area contributed by atoms with Crippen LogP contribution in [0.15, 0.2) is 12.2 Å². The lowest BCUT2D eigenvalue weighted by Crippen LogP contribution is -2.37. The van der Waals surface area contributed by atoms with Crippen molar-refractivity contribution in [2.24, 2.45) is 35.5 Å². The number of halogens is 1. The number of carbonyl (C=O) groups is 2. The van der Waals surface area contributed by atoms with Gasteiger partial charge >= 0.3 is 0 Å². The summed E-state index contributed by atoms with van der Waals surface area (Å²) in [6.45, 7) is 0. The van der Waals surface area contributed by atoms with Gasteiger partial charge in [0, 0.05) is 0 Å². The van der Waals surface area contributed by atoms with Crippen molar-refractivity contribution in [1.29, 1.82) is 0 Å². The average molecular weight is 343 g/mol. The molecule has 4 aliphatic rings. The molecule has 0 spiro atoms. The third-order valence-electron chi connectivity index (χ3n) is 5.44. The molecule has 0 aromatic carbocycles. The lowest BCUT2D eigenvalue weighted by atomic mass is 9.65. The van der Waals surface area contributed by atoms with Gasteiger partial charge in [0.2, 0.25) is 11.8 Å². The first-order valence-electron chi connectivity index (χ1n) is 6.38. The van der Waals surface area contributed by atoms with Gasteiger partial charge in [0.1, 0.15) is 0 Å². The number of allylic oxidation sites excluding steroid dienone is 2. The molecule has 17 heavy (non-hydrogen) atoms. The molecule has 3 fully saturated rings. The predicted molar refractivity (Wildman–Crippen MR) is 69.8 cm³/mol. The van der Waals surface area contributed by atoms with Gasteiger partial charge in [-0.25, -0.2) is 3.11 Å². The van der Waals surface area contributed by atoms with Crippen LogP contribution in [0.1, 0.15) is 19.3 Å². The van der Waals surface area contributed by atoms with Crippen molar-refractivity contribution < 1.29 is 9.59 Å². The van der Waals surface area contributed by atoms with Gasteiger partial charge < -0.3 is 0 Å². The van der Waals surface area contributed by atoms with Crippen LogP contribution in [0.2, 0.25) is 0 Å². The van der Waals surface area contributed by atoms with Gasteiger partial charge in [-0.1, -0.05) is 12.2 Å². The van der Waals surface area contributed by atoms with E-state index in [0.29, 0.717) is 23.7 Å². The molecule has 4 heteroatoms. The quantitative estimate of drug-likeness (QED) is 0.293. The molecule has 0 radical (unpaired) electrons. The van der Waals surface area contributed by atoms with Crippen molar-refractivity contribution in [3.05, 3.63) is 12.2 Å². The standard InChI is InChI=1S/C13H14INO2/c14-15-12(16)10-8-5-9(11(10)13(15)17)7-4-2-1-3-6(7)8/h1-2,6-11H,3-5H2. The summed E-state index contributed by atoms with van der Waals surface area (Å²) in [5.74, 6) is 2.53. The summed E-state index contributed by atoms with van der Waals surface area (Å²) >= 11 is 1.89. The van der Waals surface area contributed by atoms with Crippen LogP contribution in [0.5, 0.6) is 0 Å². The van der Waals surface area contributed by atoms with Gasteiger partial charge in [-0.2, -0.15) is 0 Å². The molecular weight excluding hydrogens is 329 g/mol. The van der Waals surface area contributed by atoms with Crippen LogP contribution in [-0.2, 0) is 9.59 Å². The van der Waals surface area contributed by atoms with E-state index >= 15 is 0 Å². The fourth-order valence-electron chi connectivity index (χ4n) is 4.91. The number of rotatable bonds is 0. The highest BCUT2D eigenvalue weighted by atomic mass is 127. The summed E-state index contributed by atoms with van der Waals surface area (Å²) < 4.78 is 1.36. The van der Waals surface area contributed by atoms with E-state index in [2.05, 4.69) is 12.2 Å². The van der Waals surface area contributed by atoms with Gasteiger partial charge in [-0.05, 0) is 42.9 Å². The Bertz CT molecular complexity index is 409. The molecule has 1 saturated heterocycles. The fraction of sp³-hybridized carbons (Fsp3) is 0.692. The van der Waals surface area contributed by atoms with E-state index in [0.717, 1.165) is 19.3 Å². The van der Waals surface area contributed by atoms with Crippen LogP contribution >= 0.6 is 22.9 Å². The third kappa shape index (κ3) is 1.13. The molecular formula is C13H14INO2. The summed E-state index contributed by atoms with van der Waals surface area (Å²) in [6, 6.07) is 0. The number of hydrogen-bond donors (Lipinski definition) is 0. The molecule has 1 heterocycles. The molecule has 6 atom stereocenters. The van der Waals surface area contributed by atoms with E-state index in [1.165, 1.54) is 3.11 Å². The highest BCUT2D eigenvalue weighted by molar-refractivity contribution is 14.1. The van der Waals surface area contributed by atoms with Crippen LogP contribution < -0.4 is 0 Å². The summed E-state index contributed by atoms with van der Waals surface area (Å²) in [7, 11) is 0. The van der Waals surface area contributed by atoms with Crippen LogP contribution in [-0.4, -0.2) is 14.9 Å². The Kier molecular flexibility index (Phi) is 2.06. The highest BCUT2D eigenvalue weighted by Gasteiger charge is 2.66. The average Bonchev–Trinajstić information content (AvgIpc) is 2.97. The number of imide groups is 1. The van der Waals surface area contributed by atoms with Crippen LogP contribution in [0.3, 0.4) is 0 Å². The Morgan fingerprint density at radius 1 is 0.941 bits per heavy atom. The summed E-state index contributed by atoms with van der Waals surface area (Å²) in [6.07, 6.45) is 7.89. The Hall–Kier alpha value is -0.390. The van der Waals surface area contributed by atoms with Gasteiger partial charge in [0.15, 0.2) is 0 Å². The number of amides is 2. The molecule has 0 aromatic heterocycles. The summed E-state index contributed by atoms with van der Waals surface area (Å²) in [5.41, 5.74) is 0. The van der Waals surface area contributed by atoms with Crippen molar-refractivity contribution >= 4 is 34.7 Å². The van der Waals surface area contributed by atoms with E-state index in [1.54, 1.807) is 0 Å². The van der Waals surface area contributed by atoms with Gasteiger partial charge in [0.05, 0.1) is 34.7 Å². The molecule has 0 N–H and O–H groups in total. The number of fused-ring (bicyclic) bond motifs is 8. The van der Waals surface area contributed by atoms with Gasteiger partial charge in [-0.15, -0.1) is 0 Å². The smallest absolute Gasteiger partial charge is 0.242 e. The normalized spacial score (nSPS) is 51.0. The molecule has 0 aromatic rings. The van der Waals surface area contributed by atoms with E-state index < -0.39 is 0 Å². The molecule has 4 rings (SSSR count). The van der Waals surface area contributed by atoms with Crippen molar-refractivity contribution in [3.63, 3.8) is 0 Å². The summed E-state index contributed by atoms with van der Waals surface area (Å²) in [4.78, 5) is 24.3. The summed E-state index contributed by atoms with van der Waals surface area (Å²) in [5, 5.41) is 0. The minimum atomic E-state index is 0.0251. The van der Waals surface area contributed by atoms with Crippen LogP contribution in [0.25, 0.3) is 0 Å². The predicted octanol–water partition coefficient (Wildman–Crippen LogP) is 2.17. The monoisotopic (exact) mass is 343 g/mol. The van der Waals surface area contributed by atoms with Crippen LogP contribution in [0.4, 0.5) is 0 Å². The van der Waals surface area contributed by atoms with Gasteiger partial charge in [0.25, 0.3) is 0 Å². The molecule has 2 saturated carbocycles. The topological polar surface area (TPSA) is 37.4 Å². The lowest BCUT2D eigenvalue weighted by Gasteiger charge is -2.36.